The molecule has 1 aliphatic rings. The Morgan fingerprint density at radius 3 is 2.20 bits per heavy atom. The van der Waals surface area contributed by atoms with Crippen LogP contribution < -0.4 is 18.9 Å². The average Bonchev–Trinajstić information content (AvgIpc) is 2.65. The lowest BCUT2D eigenvalue weighted by atomic mass is 9.91. The normalized spacial score (nSPS) is 12.9. The largest absolute Gasteiger partial charge is 0.504 e. The van der Waals surface area contributed by atoms with Gasteiger partial charge in [-0.25, -0.2) is 0 Å². The van der Waals surface area contributed by atoms with E-state index in [0.29, 0.717) is 29.5 Å². The van der Waals surface area contributed by atoms with Crippen LogP contribution in [-0.4, -0.2) is 45.8 Å². The summed E-state index contributed by atoms with van der Waals surface area (Å²) in [6, 6.07) is 7.18. The summed E-state index contributed by atoms with van der Waals surface area (Å²) in [4.78, 5) is 4.67. The average molecular weight is 343 g/mol. The van der Waals surface area contributed by atoms with E-state index in [1.165, 1.54) is 7.11 Å². The van der Waals surface area contributed by atoms with Crippen molar-refractivity contribution in [2.45, 2.75) is 6.42 Å². The molecule has 2 aromatic rings. The lowest BCUT2D eigenvalue weighted by Crippen LogP contribution is -2.16. The molecule has 3 rings (SSSR count). The standard InChI is InChI=1S/C19H21NO5/c1-22-14-6-5-12(9-13(14)21)17-16-11(7-8-20-17)10-15(23-2)18(24-3)19(16)25-4/h5-6,9-10,21H,7-8H2,1-4H3. The highest BCUT2D eigenvalue weighted by atomic mass is 16.5. The third kappa shape index (κ3) is 2.84. The molecule has 0 amide bonds. The topological polar surface area (TPSA) is 69.5 Å². The zero-order valence-corrected chi connectivity index (χ0v) is 14.8. The molecule has 1 heterocycles. The maximum Gasteiger partial charge on any atom is 0.203 e. The van der Waals surface area contributed by atoms with Gasteiger partial charge in [0.25, 0.3) is 0 Å². The number of fused-ring (bicyclic) bond motifs is 1. The van der Waals surface area contributed by atoms with Gasteiger partial charge in [-0.1, -0.05) is 0 Å². The van der Waals surface area contributed by atoms with Crippen molar-refractivity contribution >= 4 is 5.71 Å². The van der Waals surface area contributed by atoms with Gasteiger partial charge in [-0.3, -0.25) is 4.99 Å². The van der Waals surface area contributed by atoms with E-state index in [1.807, 2.05) is 12.1 Å². The molecule has 0 aliphatic carbocycles. The molecule has 6 heteroatoms. The predicted octanol–water partition coefficient (Wildman–Crippen LogP) is 2.82. The van der Waals surface area contributed by atoms with E-state index >= 15 is 0 Å². The number of nitrogens with zero attached hydrogens (tertiary/aromatic N) is 1. The second-order valence-corrected chi connectivity index (χ2v) is 5.55. The summed E-state index contributed by atoms with van der Waals surface area (Å²) in [6.45, 7) is 0.647. The molecule has 0 spiro atoms. The number of aliphatic imine (C=N–C) groups is 1. The maximum atomic E-state index is 10.1. The van der Waals surface area contributed by atoms with Crippen LogP contribution in [0.2, 0.25) is 0 Å². The number of hydrogen-bond donors (Lipinski definition) is 1. The van der Waals surface area contributed by atoms with Crippen LogP contribution in [0, 0.1) is 0 Å². The predicted molar refractivity (Wildman–Crippen MR) is 95.0 cm³/mol. The monoisotopic (exact) mass is 343 g/mol. The zero-order chi connectivity index (χ0) is 18.0. The number of benzene rings is 2. The first-order valence-corrected chi connectivity index (χ1v) is 7.88. The summed E-state index contributed by atoms with van der Waals surface area (Å²) < 4.78 is 21.7. The Kier molecular flexibility index (Phi) is 4.70. The summed E-state index contributed by atoms with van der Waals surface area (Å²) in [5.74, 6) is 2.20. The molecular formula is C19H21NO5. The second kappa shape index (κ2) is 6.93. The van der Waals surface area contributed by atoms with Crippen LogP contribution in [0.3, 0.4) is 0 Å². The van der Waals surface area contributed by atoms with Crippen LogP contribution in [0.1, 0.15) is 16.7 Å². The van der Waals surface area contributed by atoms with Gasteiger partial charge >= 0.3 is 0 Å². The molecule has 2 aromatic carbocycles. The maximum absolute atomic E-state index is 10.1. The van der Waals surface area contributed by atoms with Gasteiger partial charge in [-0.15, -0.1) is 0 Å². The number of methoxy groups -OCH3 is 4. The van der Waals surface area contributed by atoms with Crippen LogP contribution in [-0.2, 0) is 6.42 Å². The molecule has 25 heavy (non-hydrogen) atoms. The van der Waals surface area contributed by atoms with Gasteiger partial charge in [0.1, 0.15) is 0 Å². The molecule has 0 saturated carbocycles. The minimum atomic E-state index is 0.0641. The molecule has 0 bridgehead atoms. The van der Waals surface area contributed by atoms with Crippen molar-refractivity contribution in [1.82, 2.24) is 0 Å². The molecule has 0 atom stereocenters. The van der Waals surface area contributed by atoms with Gasteiger partial charge in [0.15, 0.2) is 23.0 Å². The smallest absolute Gasteiger partial charge is 0.203 e. The Hall–Kier alpha value is -2.89. The van der Waals surface area contributed by atoms with Crippen LogP contribution in [0.15, 0.2) is 29.3 Å². The quantitative estimate of drug-likeness (QED) is 0.904. The van der Waals surface area contributed by atoms with Gasteiger partial charge in [0.05, 0.1) is 34.2 Å². The van der Waals surface area contributed by atoms with Crippen molar-refractivity contribution in [2.24, 2.45) is 4.99 Å². The second-order valence-electron chi connectivity index (χ2n) is 5.55. The first kappa shape index (κ1) is 17.0. The lowest BCUT2D eigenvalue weighted by molar-refractivity contribution is 0.323. The van der Waals surface area contributed by atoms with Crippen LogP contribution in [0.5, 0.6) is 28.7 Å². The van der Waals surface area contributed by atoms with Gasteiger partial charge in [0, 0.05) is 17.7 Å². The van der Waals surface area contributed by atoms with Crippen LogP contribution >= 0.6 is 0 Å². The summed E-state index contributed by atoms with van der Waals surface area (Å²) >= 11 is 0. The zero-order valence-electron chi connectivity index (χ0n) is 14.8. The third-order valence-electron chi connectivity index (χ3n) is 4.25. The number of hydrogen-bond acceptors (Lipinski definition) is 6. The van der Waals surface area contributed by atoms with Crippen molar-refractivity contribution in [3.63, 3.8) is 0 Å². The Bertz CT molecular complexity index is 829. The molecule has 0 aromatic heterocycles. The molecule has 0 radical (unpaired) electrons. The van der Waals surface area contributed by atoms with Gasteiger partial charge in [0.2, 0.25) is 5.75 Å². The first-order valence-electron chi connectivity index (χ1n) is 7.88. The number of rotatable bonds is 5. The highest BCUT2D eigenvalue weighted by Crippen LogP contribution is 2.44. The molecule has 0 unspecified atom stereocenters. The van der Waals surface area contributed by atoms with E-state index in [2.05, 4.69) is 4.99 Å². The SMILES string of the molecule is COc1ccc(C2=NCCc3cc(OC)c(OC)c(OC)c32)cc1O. The van der Waals surface area contributed by atoms with Crippen molar-refractivity contribution in [3.8, 4) is 28.7 Å². The molecule has 1 N–H and O–H groups in total. The van der Waals surface area contributed by atoms with Crippen molar-refractivity contribution in [1.29, 1.82) is 0 Å². The van der Waals surface area contributed by atoms with Crippen molar-refractivity contribution in [2.75, 3.05) is 35.0 Å². The Labute approximate surface area is 146 Å². The summed E-state index contributed by atoms with van der Waals surface area (Å²) in [5, 5.41) is 10.1. The third-order valence-corrected chi connectivity index (χ3v) is 4.25. The fourth-order valence-corrected chi connectivity index (χ4v) is 3.10. The summed E-state index contributed by atoms with van der Waals surface area (Å²) in [7, 11) is 6.28. The van der Waals surface area contributed by atoms with E-state index < -0.39 is 0 Å². The lowest BCUT2D eigenvalue weighted by Gasteiger charge is -2.23. The number of phenols is 1. The molecule has 0 saturated heterocycles. The van der Waals surface area contributed by atoms with Gasteiger partial charge in [-0.2, -0.15) is 0 Å². The number of ether oxygens (including phenoxy) is 4. The molecule has 1 aliphatic heterocycles. The van der Waals surface area contributed by atoms with Crippen molar-refractivity contribution < 1.29 is 24.1 Å². The highest BCUT2D eigenvalue weighted by Gasteiger charge is 2.27. The van der Waals surface area contributed by atoms with E-state index in [9.17, 15) is 5.11 Å². The Morgan fingerprint density at radius 1 is 0.880 bits per heavy atom. The van der Waals surface area contributed by atoms with E-state index in [-0.39, 0.29) is 5.75 Å². The molecule has 6 nitrogen and oxygen atoms in total. The van der Waals surface area contributed by atoms with Crippen molar-refractivity contribution in [3.05, 3.63) is 41.0 Å². The number of aromatic hydroxyl groups is 1. The minimum Gasteiger partial charge on any atom is -0.504 e. The van der Waals surface area contributed by atoms with E-state index in [0.717, 1.165) is 28.8 Å². The molecule has 0 fully saturated rings. The Balaban J connectivity index is 2.21. The fraction of sp³-hybridized carbons (Fsp3) is 0.316. The Morgan fingerprint density at radius 2 is 1.60 bits per heavy atom. The molecular weight excluding hydrogens is 322 g/mol. The first-order chi connectivity index (χ1) is 12.1. The van der Waals surface area contributed by atoms with E-state index in [1.54, 1.807) is 33.5 Å². The summed E-state index contributed by atoms with van der Waals surface area (Å²) in [5.41, 5.74) is 3.45. The van der Waals surface area contributed by atoms with Crippen LogP contribution in [0.25, 0.3) is 0 Å². The number of phenolic OH excluding ortho intramolecular Hbond substituents is 1. The minimum absolute atomic E-state index is 0.0641. The molecule has 132 valence electrons. The summed E-state index contributed by atoms with van der Waals surface area (Å²) in [6.07, 6.45) is 0.775. The van der Waals surface area contributed by atoms with Gasteiger partial charge < -0.3 is 24.1 Å². The van der Waals surface area contributed by atoms with Gasteiger partial charge in [-0.05, 0) is 36.2 Å². The van der Waals surface area contributed by atoms with Crippen LogP contribution in [0.4, 0.5) is 0 Å². The fourth-order valence-electron chi connectivity index (χ4n) is 3.10. The van der Waals surface area contributed by atoms with E-state index in [4.69, 9.17) is 18.9 Å². The highest BCUT2D eigenvalue weighted by molar-refractivity contribution is 6.16.